The van der Waals surface area contributed by atoms with E-state index >= 15 is 0 Å². The summed E-state index contributed by atoms with van der Waals surface area (Å²) in [6.07, 6.45) is 5.96. The van der Waals surface area contributed by atoms with Crippen molar-refractivity contribution >= 4 is 11.6 Å². The maximum absolute atomic E-state index is 4.73. The first-order valence-electron chi connectivity index (χ1n) is 9.41. The Kier molecular flexibility index (Phi) is 5.11. The van der Waals surface area contributed by atoms with E-state index in [9.17, 15) is 0 Å². The fourth-order valence-electron chi connectivity index (χ4n) is 3.66. The van der Waals surface area contributed by atoms with Crippen molar-refractivity contribution in [1.29, 1.82) is 0 Å². The standard InChI is InChI=1S/C20H25N7/c1-14-5-3-7-19(23-14)26-20-9-18(24-15(2)25-20)16-6-4-8-27(11-16)12-17-10-21-13-22-17/h3,5,7,9-10,13,16H,4,6,8,11-12H2,1-2H3,(H,21,22)(H,23,24,25,26). The molecule has 7 heteroatoms. The van der Waals surface area contributed by atoms with Crippen LogP contribution in [0.2, 0.25) is 0 Å². The summed E-state index contributed by atoms with van der Waals surface area (Å²) in [7, 11) is 0. The van der Waals surface area contributed by atoms with Gasteiger partial charge in [-0.15, -0.1) is 0 Å². The molecule has 1 aliphatic rings. The van der Waals surface area contributed by atoms with E-state index in [1.165, 1.54) is 6.42 Å². The molecule has 3 aromatic heterocycles. The number of anilines is 2. The third kappa shape index (κ3) is 4.49. The Hall–Kier alpha value is -2.80. The molecule has 1 aliphatic heterocycles. The lowest BCUT2D eigenvalue weighted by Gasteiger charge is -2.32. The molecule has 0 saturated carbocycles. The predicted octanol–water partition coefficient (Wildman–Crippen LogP) is 3.33. The van der Waals surface area contributed by atoms with Gasteiger partial charge in [0, 0.05) is 42.7 Å². The number of H-pyrrole nitrogens is 1. The van der Waals surface area contributed by atoms with Crippen LogP contribution in [0.4, 0.5) is 11.6 Å². The number of piperidine rings is 1. The maximum atomic E-state index is 4.73. The molecule has 1 saturated heterocycles. The Morgan fingerprint density at radius 3 is 2.93 bits per heavy atom. The minimum Gasteiger partial charge on any atom is -0.347 e. The molecule has 0 aliphatic carbocycles. The molecule has 0 bridgehead atoms. The highest BCUT2D eigenvalue weighted by Crippen LogP contribution is 2.28. The molecule has 140 valence electrons. The van der Waals surface area contributed by atoms with E-state index < -0.39 is 0 Å². The molecule has 4 rings (SSSR count). The van der Waals surface area contributed by atoms with Gasteiger partial charge in [0.15, 0.2) is 0 Å². The first-order valence-corrected chi connectivity index (χ1v) is 9.41. The lowest BCUT2D eigenvalue weighted by atomic mass is 9.94. The number of aryl methyl sites for hydroxylation is 2. The van der Waals surface area contributed by atoms with E-state index in [1.54, 1.807) is 6.33 Å². The quantitative estimate of drug-likeness (QED) is 0.723. The van der Waals surface area contributed by atoms with Gasteiger partial charge < -0.3 is 10.3 Å². The van der Waals surface area contributed by atoms with Gasteiger partial charge in [0.25, 0.3) is 0 Å². The molecule has 0 aromatic carbocycles. The first kappa shape index (κ1) is 17.6. The van der Waals surface area contributed by atoms with E-state index in [0.29, 0.717) is 5.92 Å². The summed E-state index contributed by atoms with van der Waals surface area (Å²) in [5.74, 6) is 2.81. The van der Waals surface area contributed by atoms with Crippen molar-refractivity contribution in [3.63, 3.8) is 0 Å². The summed E-state index contributed by atoms with van der Waals surface area (Å²) in [6.45, 7) is 6.94. The molecular weight excluding hydrogens is 338 g/mol. The van der Waals surface area contributed by atoms with Crippen LogP contribution in [0.15, 0.2) is 36.8 Å². The molecule has 1 fully saturated rings. The molecule has 0 spiro atoms. The van der Waals surface area contributed by atoms with E-state index in [0.717, 1.165) is 60.6 Å². The lowest BCUT2D eigenvalue weighted by Crippen LogP contribution is -2.34. The van der Waals surface area contributed by atoms with Crippen molar-refractivity contribution in [2.75, 3.05) is 18.4 Å². The molecule has 0 radical (unpaired) electrons. The van der Waals surface area contributed by atoms with Crippen LogP contribution in [0.25, 0.3) is 0 Å². The lowest BCUT2D eigenvalue weighted by molar-refractivity contribution is 0.196. The van der Waals surface area contributed by atoms with Crippen LogP contribution in [-0.4, -0.2) is 42.9 Å². The second kappa shape index (κ2) is 7.84. The van der Waals surface area contributed by atoms with Crippen molar-refractivity contribution in [3.05, 3.63) is 59.7 Å². The number of rotatable bonds is 5. The van der Waals surface area contributed by atoms with Gasteiger partial charge in [-0.2, -0.15) is 0 Å². The van der Waals surface area contributed by atoms with Gasteiger partial charge in [0.05, 0.1) is 12.0 Å². The molecule has 1 unspecified atom stereocenters. The number of hydrogen-bond acceptors (Lipinski definition) is 6. The summed E-state index contributed by atoms with van der Waals surface area (Å²) < 4.78 is 0. The first-order chi connectivity index (χ1) is 13.2. The monoisotopic (exact) mass is 363 g/mol. The molecule has 3 aromatic rings. The molecule has 7 nitrogen and oxygen atoms in total. The topological polar surface area (TPSA) is 82.6 Å². The van der Waals surface area contributed by atoms with Gasteiger partial charge in [0.2, 0.25) is 0 Å². The molecular formula is C20H25N7. The number of nitrogens with one attached hydrogen (secondary N) is 2. The average Bonchev–Trinajstić information content (AvgIpc) is 3.14. The molecule has 27 heavy (non-hydrogen) atoms. The Labute approximate surface area is 159 Å². The fourth-order valence-corrected chi connectivity index (χ4v) is 3.66. The van der Waals surface area contributed by atoms with Crippen molar-refractivity contribution in [1.82, 2.24) is 29.8 Å². The van der Waals surface area contributed by atoms with Crippen LogP contribution in [-0.2, 0) is 6.54 Å². The average molecular weight is 363 g/mol. The molecule has 1 atom stereocenters. The summed E-state index contributed by atoms with van der Waals surface area (Å²) in [6, 6.07) is 8.00. The van der Waals surface area contributed by atoms with Crippen LogP contribution < -0.4 is 5.32 Å². The van der Waals surface area contributed by atoms with Crippen LogP contribution in [0.3, 0.4) is 0 Å². The Morgan fingerprint density at radius 1 is 1.19 bits per heavy atom. The van der Waals surface area contributed by atoms with Gasteiger partial charge in [-0.1, -0.05) is 6.07 Å². The van der Waals surface area contributed by atoms with Crippen LogP contribution in [0.5, 0.6) is 0 Å². The minimum atomic E-state index is 0.411. The summed E-state index contributed by atoms with van der Waals surface area (Å²) in [5.41, 5.74) is 3.24. The smallest absolute Gasteiger partial charge is 0.135 e. The Bertz CT molecular complexity index is 891. The van der Waals surface area contributed by atoms with Crippen molar-refractivity contribution in [2.45, 2.75) is 39.2 Å². The van der Waals surface area contributed by atoms with Crippen molar-refractivity contribution < 1.29 is 0 Å². The van der Waals surface area contributed by atoms with Gasteiger partial charge in [-0.25, -0.2) is 19.9 Å². The minimum absolute atomic E-state index is 0.411. The Balaban J connectivity index is 1.50. The second-order valence-electron chi connectivity index (χ2n) is 7.17. The van der Waals surface area contributed by atoms with Crippen molar-refractivity contribution in [3.8, 4) is 0 Å². The highest BCUT2D eigenvalue weighted by molar-refractivity contribution is 5.52. The normalized spacial score (nSPS) is 17.8. The molecule has 0 amide bonds. The number of nitrogens with zero attached hydrogens (tertiary/aromatic N) is 5. The highest BCUT2D eigenvalue weighted by Gasteiger charge is 2.23. The largest absolute Gasteiger partial charge is 0.347 e. The van der Waals surface area contributed by atoms with Gasteiger partial charge in [-0.05, 0) is 45.4 Å². The SMILES string of the molecule is Cc1cccc(Nc2cc(C3CCCN(Cc4cnc[nH]4)C3)nc(C)n2)n1. The zero-order valence-electron chi connectivity index (χ0n) is 15.8. The van der Waals surface area contributed by atoms with Crippen LogP contribution in [0.1, 0.15) is 41.7 Å². The van der Waals surface area contributed by atoms with E-state index in [2.05, 4.69) is 36.2 Å². The number of likely N-dealkylation sites (tertiary alicyclic amines) is 1. The fraction of sp³-hybridized carbons (Fsp3) is 0.400. The third-order valence-electron chi connectivity index (χ3n) is 4.87. The Morgan fingerprint density at radius 2 is 2.11 bits per heavy atom. The van der Waals surface area contributed by atoms with Gasteiger partial charge in [0.1, 0.15) is 17.5 Å². The predicted molar refractivity (Wildman–Crippen MR) is 105 cm³/mol. The summed E-state index contributed by atoms with van der Waals surface area (Å²) in [4.78, 5) is 23.6. The second-order valence-corrected chi connectivity index (χ2v) is 7.17. The maximum Gasteiger partial charge on any atom is 0.135 e. The molecule has 2 N–H and O–H groups in total. The summed E-state index contributed by atoms with van der Waals surface area (Å²) >= 11 is 0. The zero-order chi connectivity index (χ0) is 18.6. The van der Waals surface area contributed by atoms with Crippen LogP contribution >= 0.6 is 0 Å². The van der Waals surface area contributed by atoms with Gasteiger partial charge in [-0.3, -0.25) is 4.90 Å². The zero-order valence-corrected chi connectivity index (χ0v) is 15.8. The number of aromatic nitrogens is 5. The van der Waals surface area contributed by atoms with E-state index in [-0.39, 0.29) is 0 Å². The number of hydrogen-bond donors (Lipinski definition) is 2. The van der Waals surface area contributed by atoms with Crippen molar-refractivity contribution in [2.24, 2.45) is 0 Å². The van der Waals surface area contributed by atoms with E-state index in [1.807, 2.05) is 38.2 Å². The third-order valence-corrected chi connectivity index (χ3v) is 4.87. The number of imidazole rings is 1. The summed E-state index contributed by atoms with van der Waals surface area (Å²) in [5, 5.41) is 3.32. The van der Waals surface area contributed by atoms with Crippen LogP contribution in [0, 0.1) is 13.8 Å². The number of pyridine rings is 1. The number of aromatic amines is 1. The van der Waals surface area contributed by atoms with E-state index in [4.69, 9.17) is 4.98 Å². The highest BCUT2D eigenvalue weighted by atomic mass is 15.1. The molecule has 4 heterocycles. The van der Waals surface area contributed by atoms with Gasteiger partial charge >= 0.3 is 0 Å².